The zero-order chi connectivity index (χ0) is 15.0. The average molecular weight is 292 g/mol. The molecule has 3 nitrogen and oxygen atoms in total. The van der Waals surface area contributed by atoms with Crippen LogP contribution in [0.2, 0.25) is 0 Å². The SMILES string of the molecule is CCN(CC)C(=O)CNC(C)C12CC3CC(CC(C3)C1)C2. The Morgan fingerprint density at radius 1 is 1.10 bits per heavy atom. The van der Waals surface area contributed by atoms with Gasteiger partial charge in [0, 0.05) is 19.1 Å². The highest BCUT2D eigenvalue weighted by Gasteiger charge is 2.52. The van der Waals surface area contributed by atoms with Gasteiger partial charge in [0.1, 0.15) is 0 Å². The molecule has 0 heterocycles. The van der Waals surface area contributed by atoms with E-state index in [0.29, 0.717) is 18.0 Å². The number of hydrogen-bond donors (Lipinski definition) is 1. The van der Waals surface area contributed by atoms with E-state index in [1.54, 1.807) is 0 Å². The third-order valence-corrected chi connectivity index (χ3v) is 6.68. The Labute approximate surface area is 129 Å². The molecule has 21 heavy (non-hydrogen) atoms. The molecule has 0 aliphatic heterocycles. The number of nitrogens with zero attached hydrogens (tertiary/aromatic N) is 1. The molecule has 0 spiro atoms. The van der Waals surface area contributed by atoms with Crippen LogP contribution in [0.1, 0.15) is 59.3 Å². The second-order valence-electron chi connectivity index (χ2n) is 7.95. The lowest BCUT2D eigenvalue weighted by Crippen LogP contribution is -2.56. The van der Waals surface area contributed by atoms with Crippen LogP contribution in [0.25, 0.3) is 0 Å². The van der Waals surface area contributed by atoms with E-state index >= 15 is 0 Å². The lowest BCUT2D eigenvalue weighted by atomic mass is 9.48. The Kier molecular flexibility index (Phi) is 4.31. The third kappa shape index (κ3) is 2.86. The first-order valence-electron chi connectivity index (χ1n) is 9.07. The topological polar surface area (TPSA) is 32.3 Å². The summed E-state index contributed by atoms with van der Waals surface area (Å²) in [5.74, 6) is 3.22. The minimum absolute atomic E-state index is 0.261. The fourth-order valence-corrected chi connectivity index (χ4v) is 5.85. The van der Waals surface area contributed by atoms with Crippen LogP contribution in [-0.4, -0.2) is 36.5 Å². The van der Waals surface area contributed by atoms with Crippen molar-refractivity contribution in [2.45, 2.75) is 65.3 Å². The van der Waals surface area contributed by atoms with Crippen LogP contribution in [0.3, 0.4) is 0 Å². The molecule has 0 aromatic rings. The summed E-state index contributed by atoms with van der Waals surface area (Å²) < 4.78 is 0. The van der Waals surface area contributed by atoms with E-state index in [0.717, 1.165) is 30.8 Å². The van der Waals surface area contributed by atoms with E-state index < -0.39 is 0 Å². The molecule has 1 atom stereocenters. The van der Waals surface area contributed by atoms with Crippen LogP contribution >= 0.6 is 0 Å². The first-order valence-corrected chi connectivity index (χ1v) is 9.07. The molecule has 120 valence electrons. The number of rotatable bonds is 6. The average Bonchev–Trinajstić information content (AvgIpc) is 2.44. The zero-order valence-electron chi connectivity index (χ0n) is 14.0. The highest BCUT2D eigenvalue weighted by Crippen LogP contribution is 2.61. The van der Waals surface area contributed by atoms with E-state index in [1.807, 2.05) is 4.90 Å². The molecule has 0 aromatic carbocycles. The van der Waals surface area contributed by atoms with Crippen molar-refractivity contribution in [3.05, 3.63) is 0 Å². The molecule has 4 fully saturated rings. The summed E-state index contributed by atoms with van der Waals surface area (Å²) in [6.07, 6.45) is 8.70. The molecule has 0 saturated heterocycles. The minimum Gasteiger partial charge on any atom is -0.342 e. The maximum absolute atomic E-state index is 12.2. The number of nitrogens with one attached hydrogen (secondary N) is 1. The Balaban J connectivity index is 1.58. The van der Waals surface area contributed by atoms with Crippen molar-refractivity contribution in [1.82, 2.24) is 10.2 Å². The summed E-state index contributed by atoms with van der Waals surface area (Å²) in [4.78, 5) is 14.1. The third-order valence-electron chi connectivity index (χ3n) is 6.68. The Morgan fingerprint density at radius 3 is 2.00 bits per heavy atom. The molecule has 4 aliphatic carbocycles. The summed E-state index contributed by atoms with van der Waals surface area (Å²) in [5.41, 5.74) is 0.498. The molecular weight excluding hydrogens is 260 g/mol. The van der Waals surface area contributed by atoms with E-state index in [1.165, 1.54) is 38.5 Å². The first-order chi connectivity index (χ1) is 10.1. The molecule has 4 saturated carbocycles. The van der Waals surface area contributed by atoms with Crippen LogP contribution in [0.4, 0.5) is 0 Å². The van der Waals surface area contributed by atoms with Gasteiger partial charge in [-0.15, -0.1) is 0 Å². The Morgan fingerprint density at radius 2 is 1.57 bits per heavy atom. The molecule has 0 radical (unpaired) electrons. The number of hydrogen-bond acceptors (Lipinski definition) is 2. The molecule has 3 heteroatoms. The monoisotopic (exact) mass is 292 g/mol. The normalized spacial score (nSPS) is 38.5. The van der Waals surface area contributed by atoms with Crippen LogP contribution in [0.15, 0.2) is 0 Å². The summed E-state index contributed by atoms with van der Waals surface area (Å²) in [5, 5.41) is 3.60. The van der Waals surface area contributed by atoms with Gasteiger partial charge in [-0.25, -0.2) is 0 Å². The predicted molar refractivity (Wildman–Crippen MR) is 86.0 cm³/mol. The molecule has 4 aliphatic rings. The molecule has 1 unspecified atom stereocenters. The van der Waals surface area contributed by atoms with E-state index in [-0.39, 0.29) is 5.91 Å². The Bertz CT molecular complexity index is 353. The second kappa shape index (κ2) is 5.91. The van der Waals surface area contributed by atoms with Gasteiger partial charge < -0.3 is 10.2 Å². The van der Waals surface area contributed by atoms with Gasteiger partial charge >= 0.3 is 0 Å². The van der Waals surface area contributed by atoms with Crippen molar-refractivity contribution < 1.29 is 4.79 Å². The smallest absolute Gasteiger partial charge is 0.236 e. The van der Waals surface area contributed by atoms with Crippen molar-refractivity contribution in [3.8, 4) is 0 Å². The van der Waals surface area contributed by atoms with Crippen molar-refractivity contribution in [2.24, 2.45) is 23.2 Å². The first kappa shape index (κ1) is 15.3. The zero-order valence-corrected chi connectivity index (χ0v) is 14.0. The quantitative estimate of drug-likeness (QED) is 0.816. The fourth-order valence-electron chi connectivity index (χ4n) is 5.85. The highest BCUT2D eigenvalue weighted by atomic mass is 16.2. The summed E-state index contributed by atoms with van der Waals surface area (Å²) in [6.45, 7) is 8.62. The molecule has 4 rings (SSSR count). The van der Waals surface area contributed by atoms with Gasteiger partial charge in [-0.2, -0.15) is 0 Å². The van der Waals surface area contributed by atoms with Gasteiger partial charge in [-0.3, -0.25) is 4.79 Å². The van der Waals surface area contributed by atoms with E-state index in [4.69, 9.17) is 0 Å². The fraction of sp³-hybridized carbons (Fsp3) is 0.944. The largest absolute Gasteiger partial charge is 0.342 e. The summed E-state index contributed by atoms with van der Waals surface area (Å²) >= 11 is 0. The van der Waals surface area contributed by atoms with Crippen molar-refractivity contribution in [1.29, 1.82) is 0 Å². The van der Waals surface area contributed by atoms with Gasteiger partial charge in [0.25, 0.3) is 0 Å². The lowest BCUT2D eigenvalue weighted by Gasteiger charge is -2.59. The predicted octanol–water partition coefficient (Wildman–Crippen LogP) is 3.05. The number of amides is 1. The number of likely N-dealkylation sites (N-methyl/N-ethyl adjacent to an activating group) is 1. The standard InChI is InChI=1S/C18H32N2O/c1-4-20(5-2)17(21)12-19-13(3)18-9-14-6-15(10-18)8-16(7-14)11-18/h13-16,19H,4-12H2,1-3H3. The summed E-state index contributed by atoms with van der Waals surface area (Å²) in [6, 6.07) is 0.491. The molecule has 1 N–H and O–H groups in total. The number of carbonyl (C=O) groups excluding carboxylic acids is 1. The maximum atomic E-state index is 12.2. The van der Waals surface area contributed by atoms with Crippen LogP contribution in [0.5, 0.6) is 0 Å². The van der Waals surface area contributed by atoms with Gasteiger partial charge in [0.15, 0.2) is 0 Å². The Hall–Kier alpha value is -0.570. The molecule has 1 amide bonds. The lowest BCUT2D eigenvalue weighted by molar-refractivity contribution is -0.130. The molecular formula is C18H32N2O. The maximum Gasteiger partial charge on any atom is 0.236 e. The second-order valence-corrected chi connectivity index (χ2v) is 7.95. The van der Waals surface area contributed by atoms with Crippen LogP contribution in [-0.2, 0) is 4.79 Å². The van der Waals surface area contributed by atoms with Crippen LogP contribution in [0, 0.1) is 23.2 Å². The van der Waals surface area contributed by atoms with Crippen molar-refractivity contribution >= 4 is 5.91 Å². The highest BCUT2D eigenvalue weighted by molar-refractivity contribution is 5.78. The molecule has 4 bridgehead atoms. The molecule has 0 aromatic heterocycles. The summed E-state index contributed by atoms with van der Waals surface area (Å²) in [7, 11) is 0. The van der Waals surface area contributed by atoms with E-state index in [9.17, 15) is 4.79 Å². The van der Waals surface area contributed by atoms with Gasteiger partial charge in [-0.05, 0) is 82.5 Å². The number of carbonyl (C=O) groups is 1. The van der Waals surface area contributed by atoms with Gasteiger partial charge in [0.05, 0.1) is 6.54 Å². The van der Waals surface area contributed by atoms with Gasteiger partial charge in [0.2, 0.25) is 5.91 Å². The van der Waals surface area contributed by atoms with Crippen molar-refractivity contribution in [2.75, 3.05) is 19.6 Å². The van der Waals surface area contributed by atoms with E-state index in [2.05, 4.69) is 26.1 Å². The minimum atomic E-state index is 0.261. The van der Waals surface area contributed by atoms with Gasteiger partial charge in [-0.1, -0.05) is 0 Å². The van der Waals surface area contributed by atoms with Crippen LogP contribution < -0.4 is 5.32 Å². The van der Waals surface area contributed by atoms with Crippen molar-refractivity contribution in [3.63, 3.8) is 0 Å².